The maximum absolute atomic E-state index is 13.4. The van der Waals surface area contributed by atoms with E-state index < -0.39 is 5.82 Å². The number of anilines is 1. The molecule has 0 amide bonds. The number of hydrogen-bond acceptors (Lipinski definition) is 3. The van der Waals surface area contributed by atoms with Gasteiger partial charge in [-0.15, -0.1) is 0 Å². The molecule has 0 bridgehead atoms. The molecular formula is C13H9FN2O. The second-order valence-electron chi connectivity index (χ2n) is 3.37. The summed E-state index contributed by atoms with van der Waals surface area (Å²) in [6, 6.07) is 12.7. The minimum Gasteiger partial charge on any atom is -0.451 e. The zero-order chi connectivity index (χ0) is 12.3. The molecule has 0 saturated carbocycles. The summed E-state index contributed by atoms with van der Waals surface area (Å²) in [7, 11) is 0. The van der Waals surface area contributed by atoms with Gasteiger partial charge in [0.15, 0.2) is 17.3 Å². The molecular weight excluding hydrogens is 219 g/mol. The molecule has 0 atom stereocenters. The van der Waals surface area contributed by atoms with E-state index in [-0.39, 0.29) is 17.1 Å². The zero-order valence-electron chi connectivity index (χ0n) is 8.85. The van der Waals surface area contributed by atoms with Crippen molar-refractivity contribution in [3.05, 3.63) is 53.8 Å². The Labute approximate surface area is 97.9 Å². The summed E-state index contributed by atoms with van der Waals surface area (Å²) < 4.78 is 18.7. The van der Waals surface area contributed by atoms with Crippen LogP contribution < -0.4 is 10.5 Å². The highest BCUT2D eigenvalue weighted by Crippen LogP contribution is 2.31. The number of nitrogens with two attached hydrogens (primary N) is 1. The minimum absolute atomic E-state index is 0.0434. The molecule has 4 heteroatoms. The fourth-order valence-corrected chi connectivity index (χ4v) is 1.39. The number of nitriles is 1. The first kappa shape index (κ1) is 11.0. The fourth-order valence-electron chi connectivity index (χ4n) is 1.39. The summed E-state index contributed by atoms with van der Waals surface area (Å²) in [5.41, 5.74) is 6.27. The van der Waals surface area contributed by atoms with Crippen LogP contribution in [0.15, 0.2) is 42.5 Å². The molecule has 0 radical (unpaired) electrons. The van der Waals surface area contributed by atoms with E-state index in [1.54, 1.807) is 30.3 Å². The van der Waals surface area contributed by atoms with Crippen LogP contribution in [0.2, 0.25) is 0 Å². The van der Waals surface area contributed by atoms with Gasteiger partial charge >= 0.3 is 0 Å². The SMILES string of the molecule is N#Cc1cccc(N)c1Oc1ccccc1F. The van der Waals surface area contributed by atoms with Gasteiger partial charge < -0.3 is 10.5 Å². The smallest absolute Gasteiger partial charge is 0.168 e. The molecule has 0 heterocycles. The van der Waals surface area contributed by atoms with Gasteiger partial charge in [0.2, 0.25) is 0 Å². The van der Waals surface area contributed by atoms with Crippen LogP contribution in [0, 0.1) is 17.1 Å². The first-order chi connectivity index (χ1) is 8.22. The highest BCUT2D eigenvalue weighted by Gasteiger charge is 2.10. The first-order valence-electron chi connectivity index (χ1n) is 4.93. The van der Waals surface area contributed by atoms with E-state index in [1.807, 2.05) is 6.07 Å². The van der Waals surface area contributed by atoms with E-state index in [9.17, 15) is 4.39 Å². The van der Waals surface area contributed by atoms with E-state index in [0.29, 0.717) is 5.69 Å². The quantitative estimate of drug-likeness (QED) is 0.803. The van der Waals surface area contributed by atoms with Crippen molar-refractivity contribution in [3.63, 3.8) is 0 Å². The van der Waals surface area contributed by atoms with Crippen LogP contribution in [-0.2, 0) is 0 Å². The number of nitrogen functional groups attached to an aromatic ring is 1. The van der Waals surface area contributed by atoms with Gasteiger partial charge in [0, 0.05) is 0 Å². The van der Waals surface area contributed by atoms with Crippen LogP contribution in [0.25, 0.3) is 0 Å². The molecule has 0 unspecified atom stereocenters. The monoisotopic (exact) mass is 228 g/mol. The summed E-state index contributed by atoms with van der Waals surface area (Å²) in [4.78, 5) is 0. The van der Waals surface area contributed by atoms with Crippen LogP contribution in [0.1, 0.15) is 5.56 Å². The fraction of sp³-hybridized carbons (Fsp3) is 0. The molecule has 2 aromatic rings. The van der Waals surface area contributed by atoms with Gasteiger partial charge in [-0.05, 0) is 24.3 Å². The molecule has 0 saturated heterocycles. The Morgan fingerprint density at radius 3 is 2.59 bits per heavy atom. The topological polar surface area (TPSA) is 59.0 Å². The van der Waals surface area contributed by atoms with E-state index >= 15 is 0 Å². The average molecular weight is 228 g/mol. The van der Waals surface area contributed by atoms with Crippen molar-refractivity contribution in [2.24, 2.45) is 0 Å². The van der Waals surface area contributed by atoms with Crippen molar-refractivity contribution in [1.29, 1.82) is 5.26 Å². The lowest BCUT2D eigenvalue weighted by atomic mass is 10.2. The standard InChI is InChI=1S/C13H9FN2O/c14-10-5-1-2-7-12(10)17-13-9(8-15)4-3-6-11(13)16/h1-7H,16H2. The van der Waals surface area contributed by atoms with Gasteiger partial charge in [0.25, 0.3) is 0 Å². The first-order valence-corrected chi connectivity index (χ1v) is 4.93. The summed E-state index contributed by atoms with van der Waals surface area (Å²) in [6.07, 6.45) is 0. The molecule has 2 aromatic carbocycles. The van der Waals surface area contributed by atoms with E-state index in [0.717, 1.165) is 0 Å². The Balaban J connectivity index is 2.44. The maximum atomic E-state index is 13.4. The van der Waals surface area contributed by atoms with Gasteiger partial charge in [0.05, 0.1) is 11.3 Å². The highest BCUT2D eigenvalue weighted by molar-refractivity contribution is 5.61. The molecule has 0 aliphatic rings. The number of para-hydroxylation sites is 2. The molecule has 17 heavy (non-hydrogen) atoms. The number of nitrogens with zero attached hydrogens (tertiary/aromatic N) is 1. The van der Waals surface area contributed by atoms with Crippen molar-refractivity contribution in [2.75, 3.05) is 5.73 Å². The van der Waals surface area contributed by atoms with Gasteiger partial charge in [-0.3, -0.25) is 0 Å². The van der Waals surface area contributed by atoms with E-state index in [1.165, 1.54) is 12.1 Å². The molecule has 0 aliphatic carbocycles. The minimum atomic E-state index is -0.500. The van der Waals surface area contributed by atoms with Crippen molar-refractivity contribution in [3.8, 4) is 17.6 Å². The molecule has 84 valence electrons. The summed E-state index contributed by atoms with van der Waals surface area (Å²) in [5, 5.41) is 8.91. The number of rotatable bonds is 2. The Hall–Kier alpha value is -2.54. The van der Waals surface area contributed by atoms with Gasteiger partial charge in [-0.25, -0.2) is 4.39 Å². The second-order valence-corrected chi connectivity index (χ2v) is 3.37. The lowest BCUT2D eigenvalue weighted by Crippen LogP contribution is -1.96. The Kier molecular flexibility index (Phi) is 2.93. The molecule has 0 spiro atoms. The third-order valence-electron chi connectivity index (χ3n) is 2.21. The Morgan fingerprint density at radius 1 is 1.12 bits per heavy atom. The van der Waals surface area contributed by atoms with Gasteiger partial charge in [0.1, 0.15) is 6.07 Å². The Bertz CT molecular complexity index is 590. The predicted molar refractivity (Wildman–Crippen MR) is 62.0 cm³/mol. The average Bonchev–Trinajstić information content (AvgIpc) is 2.34. The van der Waals surface area contributed by atoms with Crippen molar-refractivity contribution < 1.29 is 9.13 Å². The Morgan fingerprint density at radius 2 is 1.88 bits per heavy atom. The second kappa shape index (κ2) is 4.54. The summed E-state index contributed by atoms with van der Waals surface area (Å²) in [6.45, 7) is 0. The lowest BCUT2D eigenvalue weighted by molar-refractivity contribution is 0.443. The van der Waals surface area contributed by atoms with Gasteiger partial charge in [-0.1, -0.05) is 18.2 Å². The highest BCUT2D eigenvalue weighted by atomic mass is 19.1. The van der Waals surface area contributed by atoms with Crippen molar-refractivity contribution in [1.82, 2.24) is 0 Å². The summed E-state index contributed by atoms with van der Waals surface area (Å²) >= 11 is 0. The molecule has 0 aromatic heterocycles. The molecule has 3 nitrogen and oxygen atoms in total. The van der Waals surface area contributed by atoms with E-state index in [2.05, 4.69) is 0 Å². The number of benzene rings is 2. The lowest BCUT2D eigenvalue weighted by Gasteiger charge is -2.10. The zero-order valence-corrected chi connectivity index (χ0v) is 8.85. The normalized spacial score (nSPS) is 9.65. The summed E-state index contributed by atoms with van der Waals surface area (Å²) in [5.74, 6) is -0.276. The van der Waals surface area contributed by atoms with Crippen LogP contribution in [0.5, 0.6) is 11.5 Å². The van der Waals surface area contributed by atoms with Crippen LogP contribution >= 0.6 is 0 Å². The van der Waals surface area contributed by atoms with Crippen LogP contribution in [-0.4, -0.2) is 0 Å². The van der Waals surface area contributed by atoms with Crippen LogP contribution in [0.4, 0.5) is 10.1 Å². The predicted octanol–water partition coefficient (Wildman–Crippen LogP) is 3.07. The largest absolute Gasteiger partial charge is 0.451 e. The molecule has 2 rings (SSSR count). The van der Waals surface area contributed by atoms with Crippen molar-refractivity contribution >= 4 is 5.69 Å². The number of hydrogen-bond donors (Lipinski definition) is 1. The maximum Gasteiger partial charge on any atom is 0.168 e. The van der Waals surface area contributed by atoms with Crippen molar-refractivity contribution in [2.45, 2.75) is 0 Å². The van der Waals surface area contributed by atoms with Crippen LogP contribution in [0.3, 0.4) is 0 Å². The molecule has 0 aliphatic heterocycles. The third kappa shape index (κ3) is 2.18. The number of halogens is 1. The third-order valence-corrected chi connectivity index (χ3v) is 2.21. The molecule has 0 fully saturated rings. The van der Waals surface area contributed by atoms with Gasteiger partial charge in [-0.2, -0.15) is 5.26 Å². The molecule has 2 N–H and O–H groups in total. The number of ether oxygens (including phenoxy) is 1. The van der Waals surface area contributed by atoms with E-state index in [4.69, 9.17) is 15.7 Å².